The first-order chi connectivity index (χ1) is 11.2. The Morgan fingerprint density at radius 1 is 1.04 bits per heavy atom. The molecule has 0 amide bonds. The van der Waals surface area contributed by atoms with Gasteiger partial charge in [0.1, 0.15) is 16.7 Å². The normalized spacial score (nSPS) is 12.2. The van der Waals surface area contributed by atoms with E-state index in [1.807, 2.05) is 19.1 Å². The largest absolute Gasteiger partial charge is 0.508 e. The third-order valence-corrected chi connectivity index (χ3v) is 4.45. The van der Waals surface area contributed by atoms with Crippen LogP contribution in [0, 0.1) is 0 Å². The van der Waals surface area contributed by atoms with Crippen LogP contribution in [0.1, 0.15) is 23.6 Å². The van der Waals surface area contributed by atoms with E-state index >= 15 is 0 Å². The Balaban J connectivity index is 1.95. The van der Waals surface area contributed by atoms with Crippen LogP contribution in [-0.2, 0) is 0 Å². The molecule has 0 saturated heterocycles. The number of para-hydroxylation sites is 1. The van der Waals surface area contributed by atoms with Crippen LogP contribution in [0.3, 0.4) is 0 Å². The van der Waals surface area contributed by atoms with Crippen molar-refractivity contribution in [3.63, 3.8) is 0 Å². The Bertz CT molecular complexity index is 787. The van der Waals surface area contributed by atoms with Gasteiger partial charge in [0.15, 0.2) is 0 Å². The average molecular weight is 328 g/mol. The van der Waals surface area contributed by atoms with E-state index in [4.69, 9.17) is 4.42 Å². The smallest absolute Gasteiger partial charge is 0.247 e. The molecule has 0 spiro atoms. The molecule has 0 radical (unpaired) electrons. The van der Waals surface area contributed by atoms with Crippen molar-refractivity contribution in [2.75, 3.05) is 5.75 Å². The van der Waals surface area contributed by atoms with E-state index in [9.17, 15) is 10.2 Å². The maximum Gasteiger partial charge on any atom is 0.247 e. The lowest BCUT2D eigenvalue weighted by molar-refractivity contribution is 0.461. The van der Waals surface area contributed by atoms with Crippen molar-refractivity contribution in [3.05, 3.63) is 60.0 Å². The summed E-state index contributed by atoms with van der Waals surface area (Å²) in [6, 6.07) is 13.7. The van der Waals surface area contributed by atoms with E-state index in [0.29, 0.717) is 11.8 Å². The summed E-state index contributed by atoms with van der Waals surface area (Å²) in [5, 5.41) is 27.4. The van der Waals surface area contributed by atoms with Crippen molar-refractivity contribution in [3.8, 4) is 23.0 Å². The summed E-state index contributed by atoms with van der Waals surface area (Å²) in [7, 11) is 0. The molecule has 1 heterocycles. The van der Waals surface area contributed by atoms with Gasteiger partial charge in [0.2, 0.25) is 11.8 Å². The van der Waals surface area contributed by atoms with Crippen molar-refractivity contribution in [1.29, 1.82) is 0 Å². The number of rotatable bonds is 5. The molecule has 118 valence electrons. The lowest BCUT2D eigenvalue weighted by Crippen LogP contribution is -1.98. The fourth-order valence-electron chi connectivity index (χ4n) is 2.23. The van der Waals surface area contributed by atoms with Gasteiger partial charge in [0, 0.05) is 11.1 Å². The Labute approximate surface area is 138 Å². The second-order valence-corrected chi connectivity index (χ2v) is 6.27. The molecule has 1 atom stereocenters. The molecule has 1 aromatic heterocycles. The molecule has 0 aliphatic heterocycles. The number of hydrogen-bond donors (Lipinski definition) is 2. The number of benzene rings is 2. The minimum Gasteiger partial charge on any atom is -0.508 e. The summed E-state index contributed by atoms with van der Waals surface area (Å²) in [6.07, 6.45) is 0. The van der Waals surface area contributed by atoms with Crippen LogP contribution < -0.4 is 0 Å². The van der Waals surface area contributed by atoms with Gasteiger partial charge in [-0.25, -0.2) is 0 Å². The zero-order valence-corrected chi connectivity index (χ0v) is 13.3. The molecule has 23 heavy (non-hydrogen) atoms. The van der Waals surface area contributed by atoms with Crippen LogP contribution in [0.5, 0.6) is 11.5 Å². The van der Waals surface area contributed by atoms with Crippen LogP contribution in [-0.4, -0.2) is 26.2 Å². The molecule has 3 aromatic rings. The first-order valence-electron chi connectivity index (χ1n) is 7.21. The zero-order chi connectivity index (χ0) is 16.2. The van der Waals surface area contributed by atoms with Crippen molar-refractivity contribution in [1.82, 2.24) is 10.2 Å². The highest BCUT2D eigenvalue weighted by Crippen LogP contribution is 2.39. The molecule has 6 heteroatoms. The first-order valence-corrected chi connectivity index (χ1v) is 8.26. The lowest BCUT2D eigenvalue weighted by Gasteiger charge is -2.13. The van der Waals surface area contributed by atoms with Gasteiger partial charge in [-0.05, 0) is 36.1 Å². The molecular formula is C17H16N2O3S. The van der Waals surface area contributed by atoms with Gasteiger partial charge in [-0.1, -0.05) is 25.1 Å². The van der Waals surface area contributed by atoms with E-state index in [1.54, 1.807) is 48.2 Å². The summed E-state index contributed by atoms with van der Waals surface area (Å²) in [5.41, 5.74) is 1.49. The maximum atomic E-state index is 10.1. The molecule has 0 fully saturated rings. The lowest BCUT2D eigenvalue weighted by atomic mass is 10.1. The number of thioether (sulfide) groups is 1. The molecule has 5 nitrogen and oxygen atoms in total. The fourth-order valence-corrected chi connectivity index (χ4v) is 3.18. The molecule has 1 unspecified atom stereocenters. The predicted molar refractivity (Wildman–Crippen MR) is 89.5 cm³/mol. The number of aromatic hydroxyl groups is 2. The fraction of sp³-hybridized carbons (Fsp3) is 0.176. The number of aromatic nitrogens is 2. The summed E-state index contributed by atoms with van der Waals surface area (Å²) >= 11 is 1.61. The van der Waals surface area contributed by atoms with Crippen molar-refractivity contribution < 1.29 is 14.6 Å². The zero-order valence-electron chi connectivity index (χ0n) is 12.5. The van der Waals surface area contributed by atoms with Gasteiger partial charge in [0.25, 0.3) is 0 Å². The van der Waals surface area contributed by atoms with Crippen LogP contribution in [0.4, 0.5) is 0 Å². The third kappa shape index (κ3) is 3.32. The number of phenols is 2. The summed E-state index contributed by atoms with van der Waals surface area (Å²) < 4.78 is 5.80. The molecule has 0 aliphatic rings. The van der Waals surface area contributed by atoms with Gasteiger partial charge in [-0.15, -0.1) is 22.0 Å². The Morgan fingerprint density at radius 3 is 2.48 bits per heavy atom. The van der Waals surface area contributed by atoms with E-state index < -0.39 is 0 Å². The quantitative estimate of drug-likeness (QED) is 0.737. The van der Waals surface area contributed by atoms with Gasteiger partial charge >= 0.3 is 0 Å². The Morgan fingerprint density at radius 2 is 1.78 bits per heavy atom. The first kappa shape index (κ1) is 15.4. The molecule has 3 rings (SSSR count). The molecular weight excluding hydrogens is 312 g/mol. The molecule has 0 bridgehead atoms. The minimum atomic E-state index is -0.223. The average Bonchev–Trinajstić information content (AvgIpc) is 3.04. The SMILES string of the molecule is CCSC(c1nnc(-c2ccc(O)cc2)o1)c1ccccc1O. The second kappa shape index (κ2) is 6.75. The Kier molecular flexibility index (Phi) is 4.52. The second-order valence-electron chi connectivity index (χ2n) is 4.89. The highest BCUT2D eigenvalue weighted by molar-refractivity contribution is 7.99. The summed E-state index contributed by atoms with van der Waals surface area (Å²) in [6.45, 7) is 2.04. The predicted octanol–water partition coefficient (Wildman–Crippen LogP) is 3.99. The number of hydrogen-bond acceptors (Lipinski definition) is 6. The van der Waals surface area contributed by atoms with E-state index in [1.165, 1.54) is 0 Å². The summed E-state index contributed by atoms with van der Waals surface area (Å²) in [4.78, 5) is 0. The third-order valence-electron chi connectivity index (χ3n) is 3.33. The topological polar surface area (TPSA) is 79.4 Å². The van der Waals surface area contributed by atoms with Crippen molar-refractivity contribution in [2.24, 2.45) is 0 Å². The summed E-state index contributed by atoms with van der Waals surface area (Å²) in [5.74, 6) is 2.07. The Hall–Kier alpha value is -2.47. The van der Waals surface area contributed by atoms with Crippen molar-refractivity contribution >= 4 is 11.8 Å². The van der Waals surface area contributed by atoms with Crippen LogP contribution in [0.2, 0.25) is 0 Å². The van der Waals surface area contributed by atoms with Crippen LogP contribution in [0.15, 0.2) is 52.9 Å². The number of nitrogens with zero attached hydrogens (tertiary/aromatic N) is 2. The van der Waals surface area contributed by atoms with E-state index in [-0.39, 0.29) is 16.7 Å². The highest BCUT2D eigenvalue weighted by Gasteiger charge is 2.23. The standard InChI is InChI=1S/C17H16N2O3S/c1-2-23-15(13-5-3-4-6-14(13)21)17-19-18-16(22-17)11-7-9-12(20)10-8-11/h3-10,15,20-21H,2H2,1H3. The monoisotopic (exact) mass is 328 g/mol. The van der Waals surface area contributed by atoms with Gasteiger partial charge < -0.3 is 14.6 Å². The van der Waals surface area contributed by atoms with Gasteiger partial charge in [-0.2, -0.15) is 0 Å². The maximum absolute atomic E-state index is 10.1. The van der Waals surface area contributed by atoms with Crippen molar-refractivity contribution in [2.45, 2.75) is 12.2 Å². The molecule has 0 aliphatic carbocycles. The van der Waals surface area contributed by atoms with Crippen LogP contribution >= 0.6 is 11.8 Å². The van der Waals surface area contributed by atoms with Crippen LogP contribution in [0.25, 0.3) is 11.5 Å². The van der Waals surface area contributed by atoms with E-state index in [0.717, 1.165) is 16.9 Å². The minimum absolute atomic E-state index is 0.183. The highest BCUT2D eigenvalue weighted by atomic mass is 32.2. The molecule has 2 aromatic carbocycles. The number of phenolic OH excluding ortho intramolecular Hbond substituents is 2. The molecule has 0 saturated carbocycles. The van der Waals surface area contributed by atoms with E-state index in [2.05, 4.69) is 10.2 Å². The van der Waals surface area contributed by atoms with Gasteiger partial charge in [0.05, 0.1) is 0 Å². The van der Waals surface area contributed by atoms with Gasteiger partial charge in [-0.3, -0.25) is 0 Å². The molecule has 2 N–H and O–H groups in total.